The summed E-state index contributed by atoms with van der Waals surface area (Å²) in [4.78, 5) is 29.0. The molecule has 0 aliphatic carbocycles. The Morgan fingerprint density at radius 1 is 1.45 bits per heavy atom. The van der Waals surface area contributed by atoms with Crippen molar-refractivity contribution in [2.75, 3.05) is 6.54 Å². The Morgan fingerprint density at radius 2 is 2.00 bits per heavy atom. The first-order valence-electron chi connectivity index (χ1n) is 2.58. The van der Waals surface area contributed by atoms with Crippen LogP contribution in [0.1, 0.15) is 0 Å². The molecular weight excluding hydrogens is 154 g/mol. The molecule has 0 saturated heterocycles. The highest BCUT2D eigenvalue weighted by molar-refractivity contribution is 5.95. The predicted molar refractivity (Wildman–Crippen MR) is 33.6 cm³/mol. The van der Waals surface area contributed by atoms with E-state index in [1.54, 1.807) is 0 Å². The van der Waals surface area contributed by atoms with Crippen LogP contribution in [0.5, 0.6) is 0 Å². The Hall–Kier alpha value is -1.72. The largest absolute Gasteiger partial charge is 0.478 e. The summed E-state index contributed by atoms with van der Waals surface area (Å²) in [5, 5.41) is 17.6. The van der Waals surface area contributed by atoms with E-state index in [4.69, 9.17) is 5.11 Å². The van der Waals surface area contributed by atoms with Crippen molar-refractivity contribution < 1.29 is 19.6 Å². The van der Waals surface area contributed by atoms with Gasteiger partial charge in [0.15, 0.2) is 0 Å². The normalized spacial score (nSPS) is 9.82. The Balaban J connectivity index is 3.88. The summed E-state index contributed by atoms with van der Waals surface area (Å²) in [6, 6.07) is 0. The lowest BCUT2D eigenvalue weighted by Crippen LogP contribution is -2.10. The third-order valence-corrected chi connectivity index (χ3v) is 0.697. The molecule has 0 amide bonds. The molecular formula is C5H5NO5. The van der Waals surface area contributed by atoms with Crippen LogP contribution in [0.2, 0.25) is 0 Å². The second-order valence-corrected chi connectivity index (χ2v) is 1.63. The molecule has 6 nitrogen and oxygen atoms in total. The molecule has 0 bridgehead atoms. The van der Waals surface area contributed by atoms with Crippen molar-refractivity contribution in [3.63, 3.8) is 0 Å². The van der Waals surface area contributed by atoms with Crippen LogP contribution in [-0.4, -0.2) is 28.3 Å². The average Bonchev–Trinajstić information content (AvgIpc) is 1.82. The number of carbonyl (C=O) groups excluding carboxylic acids is 1. The van der Waals surface area contributed by atoms with E-state index in [-0.39, 0.29) is 0 Å². The molecule has 0 saturated carbocycles. The van der Waals surface area contributed by atoms with Crippen LogP contribution < -0.4 is 0 Å². The van der Waals surface area contributed by atoms with Gasteiger partial charge in [-0.3, -0.25) is 14.9 Å². The fraction of sp³-hybridized carbons (Fsp3) is 0.200. The van der Waals surface area contributed by atoms with E-state index in [9.17, 15) is 19.7 Å². The summed E-state index contributed by atoms with van der Waals surface area (Å²) in [6.07, 6.45) is 1.22. The second kappa shape index (κ2) is 4.15. The van der Waals surface area contributed by atoms with Crippen LogP contribution in [0, 0.1) is 10.1 Å². The molecule has 0 heterocycles. The lowest BCUT2D eigenvalue weighted by molar-refractivity contribution is -0.466. The van der Waals surface area contributed by atoms with Crippen molar-refractivity contribution in [1.82, 2.24) is 0 Å². The van der Waals surface area contributed by atoms with E-state index in [1.807, 2.05) is 0 Å². The standard InChI is InChI=1S/C5H5NO5/c7-4(3-6(10)11)1-2-5(8)9/h1-2H,3H2,(H,8,9)/b2-1-. The van der Waals surface area contributed by atoms with Crippen molar-refractivity contribution in [2.24, 2.45) is 0 Å². The van der Waals surface area contributed by atoms with Crippen molar-refractivity contribution >= 4 is 11.8 Å². The van der Waals surface area contributed by atoms with Gasteiger partial charge in [-0.05, 0) is 6.08 Å². The summed E-state index contributed by atoms with van der Waals surface area (Å²) in [7, 11) is 0. The highest BCUT2D eigenvalue weighted by Crippen LogP contribution is 1.78. The fourth-order valence-electron chi connectivity index (χ4n) is 0.344. The van der Waals surface area contributed by atoms with Gasteiger partial charge in [0.05, 0.1) is 0 Å². The number of ketones is 1. The third-order valence-electron chi connectivity index (χ3n) is 0.697. The molecule has 6 heteroatoms. The van der Waals surface area contributed by atoms with Crippen molar-refractivity contribution in [1.29, 1.82) is 0 Å². The molecule has 0 aliphatic heterocycles. The van der Waals surface area contributed by atoms with Gasteiger partial charge in [0.1, 0.15) is 0 Å². The number of aliphatic carboxylic acids is 1. The Bertz CT molecular complexity index is 219. The number of rotatable bonds is 4. The van der Waals surface area contributed by atoms with Gasteiger partial charge in [0.2, 0.25) is 5.78 Å². The molecule has 0 aromatic rings. The minimum atomic E-state index is -1.30. The molecule has 0 rings (SSSR count). The molecule has 0 aromatic carbocycles. The first-order valence-corrected chi connectivity index (χ1v) is 2.58. The lowest BCUT2D eigenvalue weighted by Gasteiger charge is -1.84. The van der Waals surface area contributed by atoms with Crippen LogP contribution in [0.25, 0.3) is 0 Å². The molecule has 0 aromatic heterocycles. The summed E-state index contributed by atoms with van der Waals surface area (Å²) in [5.74, 6) is -2.14. The van der Waals surface area contributed by atoms with Gasteiger partial charge in [-0.2, -0.15) is 0 Å². The zero-order chi connectivity index (χ0) is 8.85. The van der Waals surface area contributed by atoms with Crippen LogP contribution in [0.4, 0.5) is 0 Å². The summed E-state index contributed by atoms with van der Waals surface area (Å²) >= 11 is 0. The number of carbonyl (C=O) groups is 2. The van der Waals surface area contributed by atoms with E-state index in [2.05, 4.69) is 0 Å². The number of nitrogens with zero attached hydrogens (tertiary/aromatic N) is 1. The monoisotopic (exact) mass is 159 g/mol. The van der Waals surface area contributed by atoms with Crippen LogP contribution in [0.15, 0.2) is 12.2 Å². The molecule has 0 aliphatic rings. The molecule has 0 radical (unpaired) electrons. The predicted octanol–water partition coefficient (Wildman–Crippen LogP) is -0.527. The zero-order valence-corrected chi connectivity index (χ0v) is 5.39. The molecule has 0 spiro atoms. The number of carboxylic acids is 1. The molecule has 11 heavy (non-hydrogen) atoms. The summed E-state index contributed by atoms with van der Waals surface area (Å²) < 4.78 is 0. The maximum atomic E-state index is 10.4. The van der Waals surface area contributed by atoms with Gasteiger partial charge in [-0.25, -0.2) is 4.79 Å². The maximum absolute atomic E-state index is 10.4. The number of nitro groups is 1. The van der Waals surface area contributed by atoms with E-state index in [1.165, 1.54) is 0 Å². The zero-order valence-electron chi connectivity index (χ0n) is 5.39. The van der Waals surface area contributed by atoms with Gasteiger partial charge in [-0.15, -0.1) is 0 Å². The third kappa shape index (κ3) is 6.16. The minimum Gasteiger partial charge on any atom is -0.478 e. The Labute approximate surface area is 61.3 Å². The van der Waals surface area contributed by atoms with Crippen LogP contribution >= 0.6 is 0 Å². The number of hydrogen-bond donors (Lipinski definition) is 1. The lowest BCUT2D eigenvalue weighted by atomic mass is 10.3. The van der Waals surface area contributed by atoms with Crippen molar-refractivity contribution in [3.8, 4) is 0 Å². The first-order chi connectivity index (χ1) is 5.02. The van der Waals surface area contributed by atoms with Crippen molar-refractivity contribution in [2.45, 2.75) is 0 Å². The van der Waals surface area contributed by atoms with Crippen LogP contribution in [0.3, 0.4) is 0 Å². The van der Waals surface area contributed by atoms with Gasteiger partial charge < -0.3 is 5.11 Å². The van der Waals surface area contributed by atoms with E-state index < -0.39 is 23.2 Å². The molecule has 0 fully saturated rings. The van der Waals surface area contributed by atoms with Gasteiger partial charge in [0.25, 0.3) is 6.54 Å². The minimum absolute atomic E-state index is 0.561. The smallest absolute Gasteiger partial charge is 0.328 e. The fourth-order valence-corrected chi connectivity index (χ4v) is 0.344. The van der Waals surface area contributed by atoms with Crippen molar-refractivity contribution in [3.05, 3.63) is 22.3 Å². The summed E-state index contributed by atoms with van der Waals surface area (Å²) in [5.41, 5.74) is 0. The summed E-state index contributed by atoms with van der Waals surface area (Å²) in [6.45, 7) is -0.871. The molecule has 0 atom stereocenters. The first kappa shape index (κ1) is 9.28. The number of hydrogen-bond acceptors (Lipinski definition) is 4. The maximum Gasteiger partial charge on any atom is 0.328 e. The van der Waals surface area contributed by atoms with Crippen LogP contribution in [-0.2, 0) is 9.59 Å². The highest BCUT2D eigenvalue weighted by Gasteiger charge is 2.04. The topological polar surface area (TPSA) is 97.5 Å². The van der Waals surface area contributed by atoms with E-state index in [0.717, 1.165) is 0 Å². The van der Waals surface area contributed by atoms with E-state index >= 15 is 0 Å². The van der Waals surface area contributed by atoms with E-state index in [0.29, 0.717) is 12.2 Å². The van der Waals surface area contributed by atoms with Gasteiger partial charge in [0, 0.05) is 11.0 Å². The molecule has 1 N–H and O–H groups in total. The molecule has 0 unspecified atom stereocenters. The second-order valence-electron chi connectivity index (χ2n) is 1.63. The average molecular weight is 159 g/mol. The van der Waals surface area contributed by atoms with Gasteiger partial charge in [-0.1, -0.05) is 0 Å². The quantitative estimate of drug-likeness (QED) is 0.338. The van der Waals surface area contributed by atoms with Gasteiger partial charge >= 0.3 is 5.97 Å². The Kier molecular flexibility index (Phi) is 3.50. The SMILES string of the molecule is O=C(O)/C=C\C(=O)C[N+](=O)[O-]. The Morgan fingerprint density at radius 3 is 2.36 bits per heavy atom. The number of carboxylic acid groups (broad SMARTS) is 1. The highest BCUT2D eigenvalue weighted by atomic mass is 16.6. The molecule has 60 valence electrons.